The number of benzene rings is 1. The van der Waals surface area contributed by atoms with E-state index < -0.39 is 0 Å². The predicted molar refractivity (Wildman–Crippen MR) is 78.5 cm³/mol. The lowest BCUT2D eigenvalue weighted by Gasteiger charge is -2.30. The highest BCUT2D eigenvalue weighted by molar-refractivity contribution is 7.14. The van der Waals surface area contributed by atoms with Crippen molar-refractivity contribution in [3.63, 3.8) is 0 Å². The molecule has 1 fully saturated rings. The average molecular weight is 258 g/mol. The summed E-state index contributed by atoms with van der Waals surface area (Å²) in [6, 6.07) is 8.79. The van der Waals surface area contributed by atoms with Gasteiger partial charge >= 0.3 is 0 Å². The summed E-state index contributed by atoms with van der Waals surface area (Å²) in [6.45, 7) is 6.78. The van der Waals surface area contributed by atoms with E-state index in [1.54, 1.807) is 11.3 Å². The molecule has 2 aromatic rings. The van der Waals surface area contributed by atoms with E-state index in [1.165, 1.54) is 35.8 Å². The summed E-state index contributed by atoms with van der Waals surface area (Å²) in [5.41, 5.74) is 3.72. The van der Waals surface area contributed by atoms with Crippen LogP contribution in [0.25, 0.3) is 11.3 Å². The second-order valence-electron chi connectivity index (χ2n) is 5.13. The van der Waals surface area contributed by atoms with Gasteiger partial charge in [0.1, 0.15) is 0 Å². The van der Waals surface area contributed by atoms with Crippen LogP contribution in [-0.4, -0.2) is 18.1 Å². The summed E-state index contributed by atoms with van der Waals surface area (Å²) in [5.74, 6) is 0.589. The van der Waals surface area contributed by atoms with E-state index in [0.717, 1.165) is 5.69 Å². The van der Waals surface area contributed by atoms with Crippen LogP contribution in [0.2, 0.25) is 0 Å². The highest BCUT2D eigenvalue weighted by atomic mass is 32.1. The molecule has 0 spiro atoms. The third kappa shape index (κ3) is 2.15. The molecule has 1 aliphatic heterocycles. The average Bonchev–Trinajstić information content (AvgIpc) is 2.76. The Morgan fingerprint density at radius 1 is 1.17 bits per heavy atom. The van der Waals surface area contributed by atoms with Gasteiger partial charge in [-0.3, -0.25) is 0 Å². The number of rotatable bonds is 3. The van der Waals surface area contributed by atoms with Gasteiger partial charge in [0.2, 0.25) is 0 Å². The molecule has 1 saturated heterocycles. The number of anilines is 1. The Morgan fingerprint density at radius 3 is 2.44 bits per heavy atom. The zero-order chi connectivity index (χ0) is 12.5. The normalized spacial score (nSPS) is 14.9. The van der Waals surface area contributed by atoms with Gasteiger partial charge in [-0.25, -0.2) is 4.98 Å². The van der Waals surface area contributed by atoms with Crippen molar-refractivity contribution in [1.82, 2.24) is 4.98 Å². The standard InChI is InChI=1S/C15H18N2S/c1-11(2)12-4-6-13(7-5-12)14-10-18-15(16-14)17-8-3-9-17/h4-7,10-11H,3,8-9H2,1-2H3. The van der Waals surface area contributed by atoms with Crippen molar-refractivity contribution in [2.24, 2.45) is 0 Å². The summed E-state index contributed by atoms with van der Waals surface area (Å²) >= 11 is 1.75. The van der Waals surface area contributed by atoms with Crippen molar-refractivity contribution in [2.75, 3.05) is 18.0 Å². The Labute approximate surface area is 112 Å². The smallest absolute Gasteiger partial charge is 0.185 e. The number of thiazole rings is 1. The number of aromatic nitrogens is 1. The summed E-state index contributed by atoms with van der Waals surface area (Å²) in [5, 5.41) is 3.34. The van der Waals surface area contributed by atoms with Crippen LogP contribution in [0.4, 0.5) is 5.13 Å². The molecule has 0 N–H and O–H groups in total. The highest BCUT2D eigenvalue weighted by Gasteiger charge is 2.17. The summed E-state index contributed by atoms with van der Waals surface area (Å²) < 4.78 is 0. The highest BCUT2D eigenvalue weighted by Crippen LogP contribution is 2.30. The molecule has 18 heavy (non-hydrogen) atoms. The van der Waals surface area contributed by atoms with E-state index in [9.17, 15) is 0 Å². The zero-order valence-corrected chi connectivity index (χ0v) is 11.7. The molecule has 3 heteroatoms. The Balaban J connectivity index is 1.83. The quantitative estimate of drug-likeness (QED) is 0.822. The molecule has 0 radical (unpaired) electrons. The minimum atomic E-state index is 0.589. The molecule has 1 aromatic heterocycles. The fourth-order valence-electron chi connectivity index (χ4n) is 2.09. The minimum absolute atomic E-state index is 0.589. The van der Waals surface area contributed by atoms with E-state index in [-0.39, 0.29) is 0 Å². The Hall–Kier alpha value is -1.35. The van der Waals surface area contributed by atoms with Crippen LogP contribution in [0.5, 0.6) is 0 Å². The van der Waals surface area contributed by atoms with Gasteiger partial charge in [-0.1, -0.05) is 38.1 Å². The van der Waals surface area contributed by atoms with Crippen LogP contribution in [0.1, 0.15) is 31.7 Å². The fourth-order valence-corrected chi connectivity index (χ4v) is 2.98. The molecule has 0 saturated carbocycles. The van der Waals surface area contributed by atoms with E-state index in [0.29, 0.717) is 5.92 Å². The van der Waals surface area contributed by atoms with Crippen molar-refractivity contribution in [3.8, 4) is 11.3 Å². The van der Waals surface area contributed by atoms with Crippen LogP contribution in [-0.2, 0) is 0 Å². The maximum absolute atomic E-state index is 4.72. The third-order valence-electron chi connectivity index (χ3n) is 3.49. The van der Waals surface area contributed by atoms with Crippen LogP contribution in [0.3, 0.4) is 0 Å². The first-order chi connectivity index (χ1) is 8.74. The summed E-state index contributed by atoms with van der Waals surface area (Å²) in [6.07, 6.45) is 1.30. The van der Waals surface area contributed by atoms with Gasteiger partial charge in [0.15, 0.2) is 5.13 Å². The van der Waals surface area contributed by atoms with Gasteiger partial charge in [-0.2, -0.15) is 0 Å². The van der Waals surface area contributed by atoms with Crippen LogP contribution >= 0.6 is 11.3 Å². The first-order valence-corrected chi connectivity index (χ1v) is 7.43. The molecule has 0 atom stereocenters. The van der Waals surface area contributed by atoms with Crippen molar-refractivity contribution in [2.45, 2.75) is 26.2 Å². The van der Waals surface area contributed by atoms with Gasteiger partial charge < -0.3 is 4.90 Å². The summed E-state index contributed by atoms with van der Waals surface area (Å²) in [7, 11) is 0. The Bertz CT molecular complexity index is 524. The van der Waals surface area contributed by atoms with Gasteiger partial charge in [-0.05, 0) is 17.9 Å². The number of hydrogen-bond acceptors (Lipinski definition) is 3. The largest absolute Gasteiger partial charge is 0.348 e. The van der Waals surface area contributed by atoms with Crippen molar-refractivity contribution in [3.05, 3.63) is 35.2 Å². The van der Waals surface area contributed by atoms with E-state index in [2.05, 4.69) is 48.4 Å². The van der Waals surface area contributed by atoms with Gasteiger partial charge in [0, 0.05) is 24.0 Å². The van der Waals surface area contributed by atoms with E-state index >= 15 is 0 Å². The third-order valence-corrected chi connectivity index (χ3v) is 4.39. The maximum Gasteiger partial charge on any atom is 0.185 e. The molecule has 0 unspecified atom stereocenters. The molecule has 1 aromatic carbocycles. The lowest BCUT2D eigenvalue weighted by Crippen LogP contribution is -2.36. The molecule has 2 heterocycles. The van der Waals surface area contributed by atoms with E-state index in [1.807, 2.05) is 0 Å². The number of hydrogen-bond donors (Lipinski definition) is 0. The SMILES string of the molecule is CC(C)c1ccc(-c2csc(N3CCC3)n2)cc1. The van der Waals surface area contributed by atoms with E-state index in [4.69, 9.17) is 4.98 Å². The minimum Gasteiger partial charge on any atom is -0.348 e. The second kappa shape index (κ2) is 4.73. The molecule has 0 aliphatic carbocycles. The van der Waals surface area contributed by atoms with Gasteiger partial charge in [0.25, 0.3) is 0 Å². The van der Waals surface area contributed by atoms with Crippen molar-refractivity contribution in [1.29, 1.82) is 0 Å². The first kappa shape index (κ1) is 11.7. The molecular formula is C15H18N2S. The van der Waals surface area contributed by atoms with Crippen molar-refractivity contribution >= 4 is 16.5 Å². The number of nitrogens with zero attached hydrogens (tertiary/aromatic N) is 2. The van der Waals surface area contributed by atoms with Gasteiger partial charge in [0.05, 0.1) is 5.69 Å². The second-order valence-corrected chi connectivity index (χ2v) is 5.97. The van der Waals surface area contributed by atoms with Crippen molar-refractivity contribution < 1.29 is 0 Å². The monoisotopic (exact) mass is 258 g/mol. The molecular weight excluding hydrogens is 240 g/mol. The van der Waals surface area contributed by atoms with Gasteiger partial charge in [-0.15, -0.1) is 11.3 Å². The van der Waals surface area contributed by atoms with Crippen LogP contribution in [0.15, 0.2) is 29.6 Å². The lowest BCUT2D eigenvalue weighted by molar-refractivity contribution is 0.616. The summed E-state index contributed by atoms with van der Waals surface area (Å²) in [4.78, 5) is 7.07. The van der Waals surface area contributed by atoms with Crippen LogP contribution in [0, 0.1) is 0 Å². The molecule has 0 bridgehead atoms. The molecule has 2 nitrogen and oxygen atoms in total. The molecule has 94 valence electrons. The fraction of sp³-hybridized carbons (Fsp3) is 0.400. The van der Waals surface area contributed by atoms with Crippen LogP contribution < -0.4 is 4.90 Å². The Morgan fingerprint density at radius 2 is 1.89 bits per heavy atom. The topological polar surface area (TPSA) is 16.1 Å². The maximum atomic E-state index is 4.72. The molecule has 0 amide bonds. The molecule has 1 aliphatic rings. The lowest BCUT2D eigenvalue weighted by atomic mass is 10.0. The predicted octanol–water partition coefficient (Wildman–Crippen LogP) is 4.14. The Kier molecular flexibility index (Phi) is 3.08. The first-order valence-electron chi connectivity index (χ1n) is 6.55. The zero-order valence-electron chi connectivity index (χ0n) is 10.9. The molecule has 3 rings (SSSR count).